The van der Waals surface area contributed by atoms with E-state index in [4.69, 9.17) is 4.74 Å². The summed E-state index contributed by atoms with van der Waals surface area (Å²) < 4.78 is 5.56. The molecular formula is C24H43N3O3. The molecule has 0 saturated carbocycles. The van der Waals surface area contributed by atoms with Crippen molar-refractivity contribution in [1.82, 2.24) is 15.1 Å². The van der Waals surface area contributed by atoms with E-state index in [1.807, 2.05) is 25.7 Å². The lowest BCUT2D eigenvalue weighted by atomic mass is 9.62. The summed E-state index contributed by atoms with van der Waals surface area (Å²) in [7, 11) is 0. The lowest BCUT2D eigenvalue weighted by Crippen LogP contribution is -2.60. The maximum Gasteiger partial charge on any atom is 0.410 e. The van der Waals surface area contributed by atoms with Crippen LogP contribution in [0.15, 0.2) is 0 Å². The van der Waals surface area contributed by atoms with Gasteiger partial charge in [-0.25, -0.2) is 4.79 Å². The number of carbonyl (C=O) groups is 2. The molecule has 1 N–H and O–H groups in total. The molecule has 172 valence electrons. The molecule has 0 bridgehead atoms. The molecule has 6 nitrogen and oxygen atoms in total. The predicted octanol–water partition coefficient (Wildman–Crippen LogP) is 4.18. The molecule has 0 aromatic heterocycles. The summed E-state index contributed by atoms with van der Waals surface area (Å²) in [5.41, 5.74) is -0.114. The van der Waals surface area contributed by atoms with Gasteiger partial charge >= 0.3 is 6.09 Å². The second kappa shape index (κ2) is 9.05. The summed E-state index contributed by atoms with van der Waals surface area (Å²) in [5.74, 6) is 0.868. The van der Waals surface area contributed by atoms with Gasteiger partial charge in [0.25, 0.3) is 0 Å². The van der Waals surface area contributed by atoms with Crippen LogP contribution in [0.2, 0.25) is 0 Å². The van der Waals surface area contributed by atoms with Crippen LogP contribution in [-0.4, -0.2) is 65.7 Å². The lowest BCUT2D eigenvalue weighted by molar-refractivity contribution is -0.131. The maximum absolute atomic E-state index is 12.4. The highest BCUT2D eigenvalue weighted by Crippen LogP contribution is 2.47. The van der Waals surface area contributed by atoms with Gasteiger partial charge in [-0.2, -0.15) is 0 Å². The van der Waals surface area contributed by atoms with Crippen LogP contribution in [-0.2, 0) is 9.53 Å². The molecular weight excluding hydrogens is 378 g/mol. The van der Waals surface area contributed by atoms with Crippen molar-refractivity contribution in [3.05, 3.63) is 0 Å². The van der Waals surface area contributed by atoms with Crippen molar-refractivity contribution >= 4 is 12.0 Å². The molecule has 6 heteroatoms. The first-order valence-corrected chi connectivity index (χ1v) is 12.1. The summed E-state index contributed by atoms with van der Waals surface area (Å²) in [6, 6.07) is 0. The topological polar surface area (TPSA) is 61.9 Å². The third-order valence-corrected chi connectivity index (χ3v) is 7.85. The van der Waals surface area contributed by atoms with E-state index >= 15 is 0 Å². The standard InChI is InChI=1S/C24H43N3O3/c1-6-7-8-19-18-25-20(28)17-24(19)11-15-27(16-12-24)23(5)9-13-26(14-10-23)21(29)30-22(2,3)4/h19H,6-18H2,1-5H3,(H,25,28). The van der Waals surface area contributed by atoms with Crippen molar-refractivity contribution in [2.24, 2.45) is 11.3 Å². The molecule has 0 aromatic rings. The SMILES string of the molecule is CCCCC1CNC(=O)CC12CCN(C1(C)CCN(C(=O)OC(C)(C)C)CC1)CC2. The van der Waals surface area contributed by atoms with E-state index in [2.05, 4.69) is 24.1 Å². The van der Waals surface area contributed by atoms with Gasteiger partial charge in [0.1, 0.15) is 5.60 Å². The molecule has 3 heterocycles. The van der Waals surface area contributed by atoms with E-state index in [9.17, 15) is 9.59 Å². The zero-order chi connectivity index (χ0) is 22.0. The van der Waals surface area contributed by atoms with E-state index in [1.54, 1.807) is 0 Å². The predicted molar refractivity (Wildman–Crippen MR) is 119 cm³/mol. The van der Waals surface area contributed by atoms with Crippen LogP contribution in [0.25, 0.3) is 0 Å². The van der Waals surface area contributed by atoms with Gasteiger partial charge in [0.2, 0.25) is 5.91 Å². The largest absolute Gasteiger partial charge is 0.444 e. The van der Waals surface area contributed by atoms with E-state index < -0.39 is 5.60 Å². The molecule has 3 aliphatic rings. The molecule has 0 radical (unpaired) electrons. The summed E-state index contributed by atoms with van der Waals surface area (Å²) in [5, 5.41) is 3.12. The van der Waals surface area contributed by atoms with Crippen molar-refractivity contribution in [3.8, 4) is 0 Å². The number of hydrogen-bond acceptors (Lipinski definition) is 4. The van der Waals surface area contributed by atoms with Gasteiger partial charge in [-0.1, -0.05) is 19.8 Å². The van der Waals surface area contributed by atoms with Crippen molar-refractivity contribution in [3.63, 3.8) is 0 Å². The van der Waals surface area contributed by atoms with Gasteiger partial charge in [0.05, 0.1) is 0 Å². The van der Waals surface area contributed by atoms with Gasteiger partial charge in [0.15, 0.2) is 0 Å². The minimum absolute atomic E-state index is 0.135. The van der Waals surface area contributed by atoms with Crippen molar-refractivity contribution in [2.75, 3.05) is 32.7 Å². The Morgan fingerprint density at radius 2 is 1.77 bits per heavy atom. The monoisotopic (exact) mass is 421 g/mol. The van der Waals surface area contributed by atoms with Crippen LogP contribution in [0.1, 0.15) is 86.0 Å². The van der Waals surface area contributed by atoms with Gasteiger partial charge < -0.3 is 15.0 Å². The fourth-order valence-corrected chi connectivity index (χ4v) is 5.73. The zero-order valence-corrected chi connectivity index (χ0v) is 19.9. The van der Waals surface area contributed by atoms with E-state index in [-0.39, 0.29) is 23.0 Å². The molecule has 3 fully saturated rings. The van der Waals surface area contributed by atoms with Crippen LogP contribution < -0.4 is 5.32 Å². The Balaban J connectivity index is 1.56. The smallest absolute Gasteiger partial charge is 0.410 e. The highest BCUT2D eigenvalue weighted by atomic mass is 16.6. The first-order chi connectivity index (χ1) is 14.1. The number of hydrogen-bond donors (Lipinski definition) is 1. The van der Waals surface area contributed by atoms with Crippen molar-refractivity contribution < 1.29 is 14.3 Å². The summed E-state index contributed by atoms with van der Waals surface area (Å²) in [4.78, 5) is 29.1. The summed E-state index contributed by atoms with van der Waals surface area (Å²) in [6.45, 7) is 14.9. The highest BCUT2D eigenvalue weighted by molar-refractivity contribution is 5.77. The maximum atomic E-state index is 12.4. The fourth-order valence-electron chi connectivity index (χ4n) is 5.73. The van der Waals surface area contributed by atoms with Gasteiger partial charge in [-0.3, -0.25) is 9.69 Å². The number of carbonyl (C=O) groups excluding carboxylic acids is 2. The fraction of sp³-hybridized carbons (Fsp3) is 0.917. The van der Waals surface area contributed by atoms with E-state index in [0.717, 1.165) is 58.4 Å². The third kappa shape index (κ3) is 5.30. The molecule has 3 rings (SSSR count). The van der Waals surface area contributed by atoms with Gasteiger partial charge in [0, 0.05) is 31.6 Å². The van der Waals surface area contributed by atoms with Gasteiger partial charge in [-0.15, -0.1) is 0 Å². The molecule has 1 unspecified atom stereocenters. The Kier molecular flexibility index (Phi) is 7.05. The first-order valence-electron chi connectivity index (χ1n) is 12.1. The Bertz CT molecular complexity index is 612. The van der Waals surface area contributed by atoms with Gasteiger partial charge in [-0.05, 0) is 84.2 Å². The molecule has 0 aliphatic carbocycles. The van der Waals surface area contributed by atoms with E-state index in [1.165, 1.54) is 19.3 Å². The average molecular weight is 422 g/mol. The second-order valence-corrected chi connectivity index (χ2v) is 11.1. The normalized spacial score (nSPS) is 27.0. The molecule has 30 heavy (non-hydrogen) atoms. The Labute approximate surface area is 183 Å². The molecule has 3 aliphatic heterocycles. The summed E-state index contributed by atoms with van der Waals surface area (Å²) in [6.07, 6.45) is 8.45. The minimum atomic E-state index is -0.445. The minimum Gasteiger partial charge on any atom is -0.444 e. The van der Waals surface area contributed by atoms with Crippen LogP contribution in [0.3, 0.4) is 0 Å². The van der Waals surface area contributed by atoms with E-state index in [0.29, 0.717) is 12.3 Å². The Morgan fingerprint density at radius 1 is 1.13 bits per heavy atom. The summed E-state index contributed by atoms with van der Waals surface area (Å²) >= 11 is 0. The number of nitrogens with one attached hydrogen (secondary N) is 1. The van der Waals surface area contributed by atoms with Crippen LogP contribution in [0.4, 0.5) is 4.79 Å². The highest BCUT2D eigenvalue weighted by Gasteiger charge is 2.48. The van der Waals surface area contributed by atoms with Crippen molar-refractivity contribution in [2.45, 2.75) is 97.1 Å². The molecule has 1 atom stereocenters. The molecule has 2 amide bonds. The van der Waals surface area contributed by atoms with Crippen LogP contribution >= 0.6 is 0 Å². The number of unbranched alkanes of at least 4 members (excludes halogenated alkanes) is 1. The number of likely N-dealkylation sites (tertiary alicyclic amines) is 2. The second-order valence-electron chi connectivity index (χ2n) is 11.1. The number of rotatable bonds is 4. The molecule has 1 spiro atoms. The molecule has 0 aromatic carbocycles. The molecule has 3 saturated heterocycles. The number of amides is 2. The van der Waals surface area contributed by atoms with Crippen molar-refractivity contribution in [1.29, 1.82) is 0 Å². The number of piperidine rings is 3. The third-order valence-electron chi connectivity index (χ3n) is 7.85. The Hall–Kier alpha value is -1.30. The Morgan fingerprint density at radius 3 is 2.33 bits per heavy atom. The zero-order valence-electron chi connectivity index (χ0n) is 19.9. The lowest BCUT2D eigenvalue weighted by Gasteiger charge is -2.54. The number of nitrogens with zero attached hydrogens (tertiary/aromatic N) is 2. The average Bonchev–Trinajstić information content (AvgIpc) is 2.67. The van der Waals surface area contributed by atoms with Crippen LogP contribution in [0, 0.1) is 11.3 Å². The number of ether oxygens (including phenoxy) is 1. The first kappa shape index (κ1) is 23.4. The quantitative estimate of drug-likeness (QED) is 0.739. The van der Waals surface area contributed by atoms with Crippen LogP contribution in [0.5, 0.6) is 0 Å².